The summed E-state index contributed by atoms with van der Waals surface area (Å²) >= 11 is 5.65. The molecular weight excluding hydrogens is 178 g/mol. The number of hydrogen-bond donors (Lipinski definition) is 1. The van der Waals surface area contributed by atoms with Crippen molar-refractivity contribution in [2.45, 2.75) is 20.8 Å². The fourth-order valence-electron chi connectivity index (χ4n) is 0.543. The van der Waals surface area contributed by atoms with Crippen LogP contribution >= 0.6 is 11.6 Å². The second-order valence-corrected chi connectivity index (χ2v) is 2.79. The van der Waals surface area contributed by atoms with Crippen LogP contribution in [0.5, 0.6) is 0 Å². The van der Waals surface area contributed by atoms with E-state index in [2.05, 4.69) is 4.74 Å². The van der Waals surface area contributed by atoms with Gasteiger partial charge in [0.05, 0.1) is 11.6 Å². The molecule has 0 aromatic rings. The minimum atomic E-state index is -0.677. The van der Waals surface area contributed by atoms with E-state index in [1.165, 1.54) is 0 Å². The third kappa shape index (κ3) is 3.05. The Labute approximate surface area is 76.9 Å². The van der Waals surface area contributed by atoms with Gasteiger partial charge >= 0.3 is 5.97 Å². The van der Waals surface area contributed by atoms with Gasteiger partial charge in [0.1, 0.15) is 0 Å². The van der Waals surface area contributed by atoms with Gasteiger partial charge in [-0.3, -0.25) is 5.41 Å². The average molecular weight is 190 g/mol. The van der Waals surface area contributed by atoms with Gasteiger partial charge in [0, 0.05) is 0 Å². The summed E-state index contributed by atoms with van der Waals surface area (Å²) in [5, 5.41) is 7.43. The molecule has 0 aliphatic carbocycles. The molecule has 0 aromatic heterocycles. The van der Waals surface area contributed by atoms with E-state index in [9.17, 15) is 4.79 Å². The zero-order chi connectivity index (χ0) is 9.72. The topological polar surface area (TPSA) is 50.2 Å². The molecule has 0 aliphatic rings. The van der Waals surface area contributed by atoms with E-state index in [0.29, 0.717) is 0 Å². The number of allylic oxidation sites excluding steroid dienone is 1. The normalized spacial score (nSPS) is 9.00. The number of esters is 1. The fourth-order valence-corrected chi connectivity index (χ4v) is 0.620. The summed E-state index contributed by atoms with van der Waals surface area (Å²) in [6.45, 7) is 5.40. The van der Waals surface area contributed by atoms with Crippen LogP contribution in [0.4, 0.5) is 0 Å². The molecule has 0 saturated carbocycles. The minimum Gasteiger partial charge on any atom is -0.461 e. The van der Waals surface area contributed by atoms with Crippen molar-refractivity contribution in [2.24, 2.45) is 0 Å². The molecule has 0 fully saturated rings. The first kappa shape index (κ1) is 11.2. The Morgan fingerprint density at radius 1 is 1.50 bits per heavy atom. The molecule has 0 heterocycles. The van der Waals surface area contributed by atoms with Crippen molar-refractivity contribution >= 4 is 23.3 Å². The molecule has 0 unspecified atom stereocenters. The maximum Gasteiger partial charge on any atom is 0.357 e. The lowest BCUT2D eigenvalue weighted by Crippen LogP contribution is -2.17. The summed E-state index contributed by atoms with van der Waals surface area (Å²) in [6.07, 6.45) is 0. The summed E-state index contributed by atoms with van der Waals surface area (Å²) < 4.78 is 4.59. The Morgan fingerprint density at radius 2 is 2.00 bits per heavy atom. The van der Waals surface area contributed by atoms with Crippen LogP contribution in [0.25, 0.3) is 0 Å². The standard InChI is InChI=1S/C8H12ClNO2/c1-4-12-8(11)7(10)6(9)5(2)3/h10H,4H2,1-3H3. The predicted octanol–water partition coefficient (Wildman–Crippen LogP) is 2.10. The van der Waals surface area contributed by atoms with Gasteiger partial charge in [-0.05, 0) is 20.8 Å². The summed E-state index contributed by atoms with van der Waals surface area (Å²) in [7, 11) is 0. The van der Waals surface area contributed by atoms with E-state index in [1.54, 1.807) is 20.8 Å². The lowest BCUT2D eigenvalue weighted by Gasteiger charge is -2.03. The molecule has 3 nitrogen and oxygen atoms in total. The number of hydrogen-bond acceptors (Lipinski definition) is 3. The Hall–Kier alpha value is -0.830. The van der Waals surface area contributed by atoms with Gasteiger partial charge in [-0.15, -0.1) is 0 Å². The van der Waals surface area contributed by atoms with E-state index >= 15 is 0 Å². The van der Waals surface area contributed by atoms with Crippen LogP contribution in [0.15, 0.2) is 10.6 Å². The summed E-state index contributed by atoms with van der Waals surface area (Å²) in [4.78, 5) is 10.9. The van der Waals surface area contributed by atoms with Crippen LogP contribution in [0, 0.1) is 5.41 Å². The second kappa shape index (κ2) is 4.93. The zero-order valence-electron chi connectivity index (χ0n) is 7.40. The quantitative estimate of drug-likeness (QED) is 0.546. The molecule has 0 aromatic carbocycles. The Balaban J connectivity index is 4.41. The maximum absolute atomic E-state index is 10.9. The number of rotatable bonds is 3. The summed E-state index contributed by atoms with van der Waals surface area (Å²) in [6, 6.07) is 0. The number of carbonyl (C=O) groups excluding carboxylic acids is 1. The van der Waals surface area contributed by atoms with Crippen molar-refractivity contribution in [1.29, 1.82) is 5.41 Å². The summed E-state index contributed by atoms with van der Waals surface area (Å²) in [5.41, 5.74) is 0.452. The van der Waals surface area contributed by atoms with Crippen LogP contribution < -0.4 is 0 Å². The smallest absolute Gasteiger partial charge is 0.357 e. The van der Waals surface area contributed by atoms with E-state index < -0.39 is 5.97 Å². The first-order chi connectivity index (χ1) is 5.50. The predicted molar refractivity (Wildman–Crippen MR) is 48.6 cm³/mol. The molecular formula is C8H12ClNO2. The number of halogens is 1. The molecule has 68 valence electrons. The molecule has 12 heavy (non-hydrogen) atoms. The zero-order valence-corrected chi connectivity index (χ0v) is 8.16. The lowest BCUT2D eigenvalue weighted by atomic mass is 10.2. The third-order valence-corrected chi connectivity index (χ3v) is 1.70. The van der Waals surface area contributed by atoms with Gasteiger partial charge in [-0.1, -0.05) is 17.2 Å². The van der Waals surface area contributed by atoms with Crippen molar-refractivity contribution in [3.8, 4) is 0 Å². The van der Waals surface area contributed by atoms with Gasteiger partial charge < -0.3 is 4.74 Å². The van der Waals surface area contributed by atoms with Crippen LogP contribution in [-0.4, -0.2) is 18.3 Å². The number of ether oxygens (including phenoxy) is 1. The highest BCUT2D eigenvalue weighted by Crippen LogP contribution is 2.10. The van der Waals surface area contributed by atoms with E-state index in [-0.39, 0.29) is 17.4 Å². The van der Waals surface area contributed by atoms with Gasteiger partial charge in [0.25, 0.3) is 0 Å². The molecule has 0 atom stereocenters. The molecule has 1 N–H and O–H groups in total. The lowest BCUT2D eigenvalue weighted by molar-refractivity contribution is -0.135. The third-order valence-electron chi connectivity index (χ3n) is 1.14. The maximum atomic E-state index is 10.9. The van der Waals surface area contributed by atoms with Crippen molar-refractivity contribution in [2.75, 3.05) is 6.61 Å². The Morgan fingerprint density at radius 3 is 2.33 bits per heavy atom. The van der Waals surface area contributed by atoms with Gasteiger partial charge in [-0.2, -0.15) is 0 Å². The number of nitrogens with one attached hydrogen (secondary N) is 1. The largest absolute Gasteiger partial charge is 0.461 e. The Kier molecular flexibility index (Phi) is 4.59. The highest BCUT2D eigenvalue weighted by atomic mass is 35.5. The molecule has 0 spiro atoms. The van der Waals surface area contributed by atoms with Crippen molar-refractivity contribution in [1.82, 2.24) is 0 Å². The monoisotopic (exact) mass is 189 g/mol. The fraction of sp³-hybridized carbons (Fsp3) is 0.500. The highest BCUT2D eigenvalue weighted by molar-refractivity contribution is 6.57. The van der Waals surface area contributed by atoms with Crippen molar-refractivity contribution in [3.05, 3.63) is 10.6 Å². The molecule has 0 bridgehead atoms. The molecule has 0 rings (SSSR count). The first-order valence-electron chi connectivity index (χ1n) is 3.59. The Bertz CT molecular complexity index is 229. The van der Waals surface area contributed by atoms with Crippen LogP contribution in [-0.2, 0) is 9.53 Å². The minimum absolute atomic E-state index is 0.161. The van der Waals surface area contributed by atoms with E-state index in [0.717, 1.165) is 5.57 Å². The van der Waals surface area contributed by atoms with E-state index in [1.807, 2.05) is 0 Å². The van der Waals surface area contributed by atoms with Gasteiger partial charge in [-0.25, -0.2) is 4.79 Å². The molecule has 0 amide bonds. The molecule has 0 aliphatic heterocycles. The molecule has 0 saturated heterocycles. The van der Waals surface area contributed by atoms with Crippen LogP contribution in [0.1, 0.15) is 20.8 Å². The van der Waals surface area contributed by atoms with Gasteiger partial charge in [0.15, 0.2) is 5.71 Å². The highest BCUT2D eigenvalue weighted by Gasteiger charge is 2.14. The molecule has 4 heteroatoms. The van der Waals surface area contributed by atoms with E-state index in [4.69, 9.17) is 17.0 Å². The molecule has 0 radical (unpaired) electrons. The van der Waals surface area contributed by atoms with Crippen LogP contribution in [0.2, 0.25) is 0 Å². The summed E-state index contributed by atoms with van der Waals surface area (Å²) in [5.74, 6) is -0.677. The van der Waals surface area contributed by atoms with Crippen molar-refractivity contribution < 1.29 is 9.53 Å². The van der Waals surface area contributed by atoms with Crippen molar-refractivity contribution in [3.63, 3.8) is 0 Å². The van der Waals surface area contributed by atoms with Gasteiger partial charge in [0.2, 0.25) is 0 Å². The van der Waals surface area contributed by atoms with Crippen LogP contribution in [0.3, 0.4) is 0 Å². The SMILES string of the molecule is CCOC(=O)C(=N)C(Cl)=C(C)C. The first-order valence-corrected chi connectivity index (χ1v) is 3.97. The average Bonchev–Trinajstić information content (AvgIpc) is 2.02. The second-order valence-electron chi connectivity index (χ2n) is 2.41. The number of carbonyl (C=O) groups is 1.